The molecule has 0 N–H and O–H groups in total. The molecule has 57 heavy (non-hydrogen) atoms. The van der Waals surface area contributed by atoms with Crippen LogP contribution in [0.2, 0.25) is 0 Å². The lowest BCUT2D eigenvalue weighted by Crippen LogP contribution is -2.03. The Morgan fingerprint density at radius 1 is 0.263 bits per heavy atom. The predicted octanol–water partition coefficient (Wildman–Crippen LogP) is 11.1. The van der Waals surface area contributed by atoms with Crippen molar-refractivity contribution in [2.45, 2.75) is 0 Å². The average Bonchev–Trinajstić information content (AvgIpc) is 3.70. The minimum absolute atomic E-state index is 0.508. The molecular weight excluding hydrogens is 701 g/mol. The number of nitrogens with zero attached hydrogens (tertiary/aromatic N) is 8. The maximum atomic E-state index is 5.25. The van der Waals surface area contributed by atoms with Gasteiger partial charge in [-0.05, 0) is 42.5 Å². The molecule has 3 heterocycles. The predicted molar refractivity (Wildman–Crippen MR) is 226 cm³/mol. The van der Waals surface area contributed by atoms with Gasteiger partial charge in [0.1, 0.15) is 5.82 Å². The highest BCUT2D eigenvalue weighted by molar-refractivity contribution is 5.86. The van der Waals surface area contributed by atoms with Crippen molar-refractivity contribution in [1.82, 2.24) is 39.5 Å². The first kappa shape index (κ1) is 33.6. The van der Waals surface area contributed by atoms with E-state index in [9.17, 15) is 0 Å². The zero-order chi connectivity index (χ0) is 38.0. The summed E-state index contributed by atoms with van der Waals surface area (Å²) in [6, 6.07) is 64.7. The molecule has 3 aromatic heterocycles. The fourth-order valence-electron chi connectivity index (χ4n) is 6.95. The van der Waals surface area contributed by atoms with Crippen LogP contribution in [0.1, 0.15) is 0 Å². The van der Waals surface area contributed by atoms with Crippen molar-refractivity contribution >= 4 is 11.0 Å². The molecule has 0 aliphatic rings. The summed E-state index contributed by atoms with van der Waals surface area (Å²) in [6.45, 7) is 0. The lowest BCUT2D eigenvalue weighted by atomic mass is 10.0. The first-order chi connectivity index (χ1) is 28.2. The summed E-state index contributed by atoms with van der Waals surface area (Å²) in [4.78, 5) is 35.6. The van der Waals surface area contributed by atoms with Crippen LogP contribution in [-0.4, -0.2) is 39.5 Å². The van der Waals surface area contributed by atoms with Gasteiger partial charge in [-0.1, -0.05) is 152 Å². The molecule has 0 bridgehead atoms. The Hall–Kier alpha value is -7.97. The molecule has 0 saturated carbocycles. The van der Waals surface area contributed by atoms with E-state index in [0.29, 0.717) is 34.9 Å². The van der Waals surface area contributed by atoms with E-state index >= 15 is 0 Å². The second-order valence-electron chi connectivity index (χ2n) is 13.5. The van der Waals surface area contributed by atoms with E-state index in [4.69, 9.17) is 34.9 Å². The Bertz CT molecular complexity index is 2730. The summed E-state index contributed by atoms with van der Waals surface area (Å²) in [5.74, 6) is 4.05. The third-order valence-electron chi connectivity index (χ3n) is 9.68. The third kappa shape index (κ3) is 6.72. The van der Waals surface area contributed by atoms with Crippen LogP contribution in [0.5, 0.6) is 0 Å². The Morgan fingerprint density at radius 3 is 0.982 bits per heavy atom. The molecule has 10 rings (SSSR count). The summed E-state index contributed by atoms with van der Waals surface area (Å²) < 4.78 is 2.19. The molecule has 0 saturated heterocycles. The van der Waals surface area contributed by atoms with Crippen LogP contribution < -0.4 is 0 Å². The topological polar surface area (TPSA) is 95.2 Å². The lowest BCUT2D eigenvalue weighted by molar-refractivity contribution is 1.06. The van der Waals surface area contributed by atoms with E-state index in [0.717, 1.165) is 61.5 Å². The smallest absolute Gasteiger partial charge is 0.164 e. The third-order valence-corrected chi connectivity index (χ3v) is 9.68. The van der Waals surface area contributed by atoms with Crippen molar-refractivity contribution in [3.8, 4) is 85.4 Å². The van der Waals surface area contributed by atoms with Crippen molar-refractivity contribution in [2.75, 3.05) is 0 Å². The van der Waals surface area contributed by atoms with Crippen LogP contribution in [0, 0.1) is 0 Å². The standard InChI is InChI=1S/C49H32N8/c1-6-18-33(19-7-1)43-51-44(34-20-8-2-9-21-34)54-47(53-43)37-30-38(48-55-45(35-22-10-3-11-23-35)52-46(56-48)36-24-12-4-13-25-36)32-39(31-37)49-50-41-28-16-17-29-42(41)57(49)40-26-14-5-15-27-40/h1-32H. The number of hydrogen-bond acceptors (Lipinski definition) is 7. The van der Waals surface area contributed by atoms with Crippen molar-refractivity contribution in [1.29, 1.82) is 0 Å². The second kappa shape index (κ2) is 14.7. The molecule has 0 fully saturated rings. The van der Waals surface area contributed by atoms with E-state index in [-0.39, 0.29) is 0 Å². The Balaban J connectivity index is 1.26. The van der Waals surface area contributed by atoms with Gasteiger partial charge < -0.3 is 0 Å². The number of para-hydroxylation sites is 3. The number of hydrogen-bond donors (Lipinski definition) is 0. The monoisotopic (exact) mass is 732 g/mol. The highest BCUT2D eigenvalue weighted by Gasteiger charge is 2.21. The van der Waals surface area contributed by atoms with E-state index < -0.39 is 0 Å². The van der Waals surface area contributed by atoms with Gasteiger partial charge in [0.25, 0.3) is 0 Å². The summed E-state index contributed by atoms with van der Waals surface area (Å²) in [6.07, 6.45) is 0. The van der Waals surface area contributed by atoms with E-state index in [2.05, 4.69) is 41.0 Å². The van der Waals surface area contributed by atoms with Crippen LogP contribution in [0.3, 0.4) is 0 Å². The summed E-state index contributed by atoms with van der Waals surface area (Å²) in [5, 5.41) is 0. The highest BCUT2D eigenvalue weighted by atomic mass is 15.1. The van der Waals surface area contributed by atoms with Gasteiger partial charge in [-0.2, -0.15) is 0 Å². The van der Waals surface area contributed by atoms with Gasteiger partial charge in [0, 0.05) is 44.6 Å². The Labute approximate surface area is 329 Å². The quantitative estimate of drug-likeness (QED) is 0.153. The molecule has 268 valence electrons. The van der Waals surface area contributed by atoms with Crippen molar-refractivity contribution in [3.05, 3.63) is 194 Å². The minimum atomic E-state index is 0.508. The van der Waals surface area contributed by atoms with Crippen LogP contribution in [0.4, 0.5) is 0 Å². The summed E-state index contributed by atoms with van der Waals surface area (Å²) in [7, 11) is 0. The molecule has 7 aromatic carbocycles. The molecule has 10 aromatic rings. The fourth-order valence-corrected chi connectivity index (χ4v) is 6.95. The number of rotatable bonds is 8. The molecule has 0 unspecified atom stereocenters. The molecular formula is C49H32N8. The van der Waals surface area contributed by atoms with Crippen molar-refractivity contribution < 1.29 is 0 Å². The molecule has 0 aliphatic heterocycles. The zero-order valence-electron chi connectivity index (χ0n) is 30.6. The first-order valence-corrected chi connectivity index (χ1v) is 18.7. The van der Waals surface area contributed by atoms with Crippen LogP contribution in [0.25, 0.3) is 96.4 Å². The largest absolute Gasteiger partial charge is 0.292 e. The van der Waals surface area contributed by atoms with Gasteiger partial charge in [0.15, 0.2) is 34.9 Å². The minimum Gasteiger partial charge on any atom is -0.292 e. The van der Waals surface area contributed by atoms with Crippen LogP contribution in [0.15, 0.2) is 194 Å². The van der Waals surface area contributed by atoms with Gasteiger partial charge in [-0.15, -0.1) is 0 Å². The fraction of sp³-hybridized carbons (Fsp3) is 0. The highest BCUT2D eigenvalue weighted by Crippen LogP contribution is 2.36. The number of aromatic nitrogens is 8. The first-order valence-electron chi connectivity index (χ1n) is 18.7. The SMILES string of the molecule is c1ccc(-c2nc(-c3ccccc3)nc(-c3cc(-c4nc(-c5ccccc5)nc(-c5ccccc5)n4)cc(-c4nc5ccccc5n4-c4ccccc4)c3)n2)cc1. The van der Waals surface area contributed by atoms with Crippen molar-refractivity contribution in [3.63, 3.8) is 0 Å². The van der Waals surface area contributed by atoms with Gasteiger partial charge in [-0.3, -0.25) is 4.57 Å². The molecule has 0 atom stereocenters. The second-order valence-corrected chi connectivity index (χ2v) is 13.5. The van der Waals surface area contributed by atoms with Crippen molar-refractivity contribution in [2.24, 2.45) is 0 Å². The normalized spacial score (nSPS) is 11.2. The Morgan fingerprint density at radius 2 is 0.579 bits per heavy atom. The molecule has 8 nitrogen and oxygen atoms in total. The molecule has 0 spiro atoms. The van der Waals surface area contributed by atoms with Gasteiger partial charge in [0.2, 0.25) is 0 Å². The van der Waals surface area contributed by atoms with Gasteiger partial charge in [-0.25, -0.2) is 34.9 Å². The van der Waals surface area contributed by atoms with Gasteiger partial charge >= 0.3 is 0 Å². The maximum absolute atomic E-state index is 5.25. The molecule has 8 heteroatoms. The van der Waals surface area contributed by atoms with E-state index in [1.165, 1.54) is 0 Å². The molecule has 0 aliphatic carbocycles. The Kier molecular flexibility index (Phi) is 8.66. The zero-order valence-corrected chi connectivity index (χ0v) is 30.6. The summed E-state index contributed by atoms with van der Waals surface area (Å²) >= 11 is 0. The average molecular weight is 733 g/mol. The van der Waals surface area contributed by atoms with E-state index in [1.807, 2.05) is 158 Å². The number of imidazole rings is 1. The van der Waals surface area contributed by atoms with E-state index in [1.54, 1.807) is 0 Å². The lowest BCUT2D eigenvalue weighted by Gasteiger charge is -2.14. The number of benzene rings is 7. The number of fused-ring (bicyclic) bond motifs is 1. The van der Waals surface area contributed by atoms with Gasteiger partial charge in [0.05, 0.1) is 11.0 Å². The maximum Gasteiger partial charge on any atom is 0.164 e. The van der Waals surface area contributed by atoms with Crippen LogP contribution >= 0.6 is 0 Å². The van der Waals surface area contributed by atoms with Crippen LogP contribution in [-0.2, 0) is 0 Å². The molecule has 0 radical (unpaired) electrons. The summed E-state index contributed by atoms with van der Waals surface area (Å²) in [5.41, 5.74) is 8.76. The molecule has 0 amide bonds.